The topological polar surface area (TPSA) is 52.7 Å². The Labute approximate surface area is 144 Å². The first-order valence-corrected chi connectivity index (χ1v) is 9.01. The zero-order valence-corrected chi connectivity index (χ0v) is 14.5. The molecule has 0 radical (unpaired) electrons. The molecular formula is C19H27N3O2. The highest BCUT2D eigenvalue weighted by Gasteiger charge is 2.30. The molecule has 2 fully saturated rings. The van der Waals surface area contributed by atoms with Crippen molar-refractivity contribution in [2.75, 3.05) is 32.7 Å². The molecule has 0 aromatic heterocycles. The predicted molar refractivity (Wildman–Crippen MR) is 93.9 cm³/mol. The second-order valence-corrected chi connectivity index (χ2v) is 6.85. The molecule has 130 valence electrons. The van der Waals surface area contributed by atoms with Gasteiger partial charge in [-0.15, -0.1) is 0 Å². The van der Waals surface area contributed by atoms with Crippen LogP contribution in [-0.4, -0.2) is 60.4 Å². The number of hydrogen-bond acceptors (Lipinski definition) is 3. The van der Waals surface area contributed by atoms with Gasteiger partial charge in [0.05, 0.1) is 0 Å². The summed E-state index contributed by atoms with van der Waals surface area (Å²) in [6.45, 7) is 6.31. The van der Waals surface area contributed by atoms with Gasteiger partial charge in [0.2, 0.25) is 5.91 Å². The number of hydrogen-bond donors (Lipinski definition) is 1. The van der Waals surface area contributed by atoms with E-state index in [4.69, 9.17) is 0 Å². The number of amides is 2. The van der Waals surface area contributed by atoms with E-state index >= 15 is 0 Å². The van der Waals surface area contributed by atoms with Crippen LogP contribution in [-0.2, 0) is 4.79 Å². The highest BCUT2D eigenvalue weighted by molar-refractivity contribution is 5.95. The molecule has 1 aromatic rings. The molecular weight excluding hydrogens is 302 g/mol. The van der Waals surface area contributed by atoms with Crippen molar-refractivity contribution in [3.63, 3.8) is 0 Å². The highest BCUT2D eigenvalue weighted by Crippen LogP contribution is 2.21. The van der Waals surface area contributed by atoms with Crippen LogP contribution in [0.1, 0.15) is 41.6 Å². The lowest BCUT2D eigenvalue weighted by atomic mass is 10.1. The van der Waals surface area contributed by atoms with Gasteiger partial charge in [0, 0.05) is 44.2 Å². The molecule has 0 spiro atoms. The maximum atomic E-state index is 12.5. The standard InChI is InChI=1S/C19H27N3O2/c1-15-6-2-3-8-17(15)19(24)20-10-9-18(23)22-13-5-12-21-11-4-7-16(21)14-22/h2-3,6,8,16H,4-5,7,9-14H2,1H3,(H,20,24). The second kappa shape index (κ2) is 7.79. The maximum Gasteiger partial charge on any atom is 0.251 e. The molecule has 2 amide bonds. The molecule has 2 saturated heterocycles. The average Bonchev–Trinajstić information content (AvgIpc) is 2.91. The minimum Gasteiger partial charge on any atom is -0.352 e. The van der Waals surface area contributed by atoms with Crippen LogP contribution in [0.25, 0.3) is 0 Å². The van der Waals surface area contributed by atoms with Crippen LogP contribution < -0.4 is 5.32 Å². The van der Waals surface area contributed by atoms with Crippen molar-refractivity contribution < 1.29 is 9.59 Å². The zero-order chi connectivity index (χ0) is 16.9. The van der Waals surface area contributed by atoms with Crippen LogP contribution in [0.2, 0.25) is 0 Å². The van der Waals surface area contributed by atoms with Crippen LogP contribution in [0, 0.1) is 6.92 Å². The molecule has 3 rings (SSSR count). The van der Waals surface area contributed by atoms with Crippen molar-refractivity contribution in [1.82, 2.24) is 15.1 Å². The number of carbonyl (C=O) groups is 2. The zero-order valence-electron chi connectivity index (χ0n) is 14.5. The third-order valence-electron chi connectivity index (χ3n) is 5.17. The number of nitrogens with zero attached hydrogens (tertiary/aromatic N) is 2. The summed E-state index contributed by atoms with van der Waals surface area (Å²) in [4.78, 5) is 29.2. The Bertz CT molecular complexity index is 602. The first-order valence-electron chi connectivity index (χ1n) is 9.01. The number of aryl methyl sites for hydroxylation is 1. The summed E-state index contributed by atoms with van der Waals surface area (Å²) in [5, 5.41) is 2.87. The summed E-state index contributed by atoms with van der Waals surface area (Å²) < 4.78 is 0. The van der Waals surface area contributed by atoms with Crippen LogP contribution in [0.4, 0.5) is 0 Å². The van der Waals surface area contributed by atoms with Gasteiger partial charge < -0.3 is 10.2 Å². The number of benzene rings is 1. The van der Waals surface area contributed by atoms with E-state index in [1.165, 1.54) is 19.4 Å². The Hall–Kier alpha value is -1.88. The molecule has 1 unspecified atom stereocenters. The number of fused-ring (bicyclic) bond motifs is 1. The number of nitrogens with one attached hydrogen (secondary N) is 1. The van der Waals surface area contributed by atoms with Crippen molar-refractivity contribution in [3.05, 3.63) is 35.4 Å². The molecule has 1 atom stereocenters. The third kappa shape index (κ3) is 3.96. The molecule has 2 aliphatic heterocycles. The molecule has 5 heteroatoms. The Morgan fingerprint density at radius 1 is 1.17 bits per heavy atom. The van der Waals surface area contributed by atoms with Gasteiger partial charge in [-0.05, 0) is 44.4 Å². The average molecular weight is 329 g/mol. The van der Waals surface area contributed by atoms with Crippen LogP contribution in [0.3, 0.4) is 0 Å². The molecule has 1 N–H and O–H groups in total. The fraction of sp³-hybridized carbons (Fsp3) is 0.579. The normalized spacial score (nSPS) is 21.2. The van der Waals surface area contributed by atoms with Crippen LogP contribution in [0.15, 0.2) is 24.3 Å². The van der Waals surface area contributed by atoms with Gasteiger partial charge in [-0.1, -0.05) is 18.2 Å². The van der Waals surface area contributed by atoms with E-state index in [9.17, 15) is 9.59 Å². The van der Waals surface area contributed by atoms with Gasteiger partial charge in [0.25, 0.3) is 5.91 Å². The molecule has 24 heavy (non-hydrogen) atoms. The summed E-state index contributed by atoms with van der Waals surface area (Å²) in [6, 6.07) is 8.05. The van der Waals surface area contributed by atoms with E-state index in [1.54, 1.807) is 0 Å². The lowest BCUT2D eigenvalue weighted by Gasteiger charge is -2.25. The van der Waals surface area contributed by atoms with Gasteiger partial charge >= 0.3 is 0 Å². The molecule has 5 nitrogen and oxygen atoms in total. The first-order chi connectivity index (χ1) is 11.6. The quantitative estimate of drug-likeness (QED) is 0.917. The van der Waals surface area contributed by atoms with Crippen molar-refractivity contribution in [2.24, 2.45) is 0 Å². The molecule has 2 heterocycles. The summed E-state index contributed by atoms with van der Waals surface area (Å²) in [6.07, 6.45) is 3.88. The Kier molecular flexibility index (Phi) is 5.51. The van der Waals surface area contributed by atoms with Gasteiger partial charge in [0.15, 0.2) is 0 Å². The summed E-state index contributed by atoms with van der Waals surface area (Å²) in [5.41, 5.74) is 1.64. The monoisotopic (exact) mass is 329 g/mol. The highest BCUT2D eigenvalue weighted by atomic mass is 16.2. The van der Waals surface area contributed by atoms with Gasteiger partial charge in [0.1, 0.15) is 0 Å². The van der Waals surface area contributed by atoms with Crippen molar-refractivity contribution in [1.29, 1.82) is 0 Å². The Morgan fingerprint density at radius 2 is 1.96 bits per heavy atom. The lowest BCUT2D eigenvalue weighted by Crippen LogP contribution is -2.40. The maximum absolute atomic E-state index is 12.5. The Balaban J connectivity index is 1.47. The van der Waals surface area contributed by atoms with Crippen molar-refractivity contribution >= 4 is 11.8 Å². The largest absolute Gasteiger partial charge is 0.352 e. The minimum atomic E-state index is -0.0984. The summed E-state index contributed by atoms with van der Waals surface area (Å²) in [5.74, 6) is 0.0626. The van der Waals surface area contributed by atoms with Gasteiger partial charge in [-0.3, -0.25) is 14.5 Å². The van der Waals surface area contributed by atoms with Crippen molar-refractivity contribution in [3.8, 4) is 0 Å². The molecule has 0 aliphatic carbocycles. The number of rotatable bonds is 4. The predicted octanol–water partition coefficient (Wildman–Crippen LogP) is 1.81. The summed E-state index contributed by atoms with van der Waals surface area (Å²) >= 11 is 0. The molecule has 1 aromatic carbocycles. The van der Waals surface area contributed by atoms with E-state index in [2.05, 4.69) is 10.2 Å². The van der Waals surface area contributed by atoms with E-state index in [0.29, 0.717) is 24.6 Å². The minimum absolute atomic E-state index is 0.0984. The van der Waals surface area contributed by atoms with Crippen LogP contribution in [0.5, 0.6) is 0 Å². The lowest BCUT2D eigenvalue weighted by molar-refractivity contribution is -0.131. The molecule has 0 bridgehead atoms. The molecule has 2 aliphatic rings. The second-order valence-electron chi connectivity index (χ2n) is 6.85. The SMILES string of the molecule is Cc1ccccc1C(=O)NCCC(=O)N1CCCN2CCCC2C1. The fourth-order valence-corrected chi connectivity index (χ4v) is 3.80. The van der Waals surface area contributed by atoms with E-state index in [0.717, 1.165) is 31.6 Å². The van der Waals surface area contributed by atoms with E-state index in [-0.39, 0.29) is 11.8 Å². The Morgan fingerprint density at radius 3 is 2.79 bits per heavy atom. The third-order valence-corrected chi connectivity index (χ3v) is 5.17. The fourth-order valence-electron chi connectivity index (χ4n) is 3.80. The van der Waals surface area contributed by atoms with E-state index in [1.807, 2.05) is 36.1 Å². The van der Waals surface area contributed by atoms with Crippen LogP contribution >= 0.6 is 0 Å². The first kappa shape index (κ1) is 17.0. The van der Waals surface area contributed by atoms with E-state index < -0.39 is 0 Å². The smallest absolute Gasteiger partial charge is 0.251 e. The van der Waals surface area contributed by atoms with Gasteiger partial charge in [-0.2, -0.15) is 0 Å². The summed E-state index contributed by atoms with van der Waals surface area (Å²) in [7, 11) is 0. The van der Waals surface area contributed by atoms with Gasteiger partial charge in [-0.25, -0.2) is 0 Å². The van der Waals surface area contributed by atoms with Crippen molar-refractivity contribution in [2.45, 2.75) is 38.6 Å². The number of carbonyl (C=O) groups excluding carboxylic acids is 2. The molecule has 0 saturated carbocycles.